The molecule has 9 nitrogen and oxygen atoms in total. The number of nitrogens with one attached hydrogen (secondary N) is 2. The molecule has 0 spiro atoms. The Bertz CT molecular complexity index is 971. The third kappa shape index (κ3) is 9.61. The first kappa shape index (κ1) is 27.6. The van der Waals surface area contributed by atoms with Crippen molar-refractivity contribution in [3.05, 3.63) is 65.5 Å². The zero-order chi connectivity index (χ0) is 25.8. The number of pyridine rings is 1. The summed E-state index contributed by atoms with van der Waals surface area (Å²) in [5, 5.41) is 12.8. The highest BCUT2D eigenvalue weighted by Crippen LogP contribution is 2.15. The van der Waals surface area contributed by atoms with Gasteiger partial charge < -0.3 is 26.4 Å². The first-order valence-corrected chi connectivity index (χ1v) is 10.9. The molecule has 1 aliphatic heterocycles. The Morgan fingerprint density at radius 2 is 1.80 bits per heavy atom. The van der Waals surface area contributed by atoms with Gasteiger partial charge in [0.25, 0.3) is 0 Å². The van der Waals surface area contributed by atoms with Crippen molar-refractivity contribution in [3.63, 3.8) is 0 Å². The highest BCUT2D eigenvalue weighted by Gasteiger charge is 2.38. The molecule has 35 heavy (non-hydrogen) atoms. The van der Waals surface area contributed by atoms with Crippen LogP contribution in [0.4, 0.5) is 18.0 Å². The summed E-state index contributed by atoms with van der Waals surface area (Å²) in [7, 11) is 0. The summed E-state index contributed by atoms with van der Waals surface area (Å²) < 4.78 is 31.7. The van der Waals surface area contributed by atoms with Crippen LogP contribution in [-0.4, -0.2) is 58.2 Å². The number of nitrogens with two attached hydrogens (primary N) is 1. The lowest BCUT2D eigenvalue weighted by Crippen LogP contribution is -2.53. The number of carboxylic acids is 1. The number of hydrogen-bond donors (Lipinski definition) is 4. The number of urea groups is 1. The van der Waals surface area contributed by atoms with E-state index < -0.39 is 18.2 Å². The number of halogens is 3. The first-order chi connectivity index (χ1) is 16.6. The number of carbonyl (C=O) groups is 3. The molecule has 2 heterocycles. The van der Waals surface area contributed by atoms with Gasteiger partial charge in [-0.3, -0.25) is 9.78 Å². The molecule has 5 N–H and O–H groups in total. The second-order valence-electron chi connectivity index (χ2n) is 7.76. The zero-order valence-electron chi connectivity index (χ0n) is 18.9. The number of hydrogen-bond acceptors (Lipinski definition) is 5. The molecular weight excluding hydrogens is 467 g/mol. The number of aliphatic carboxylic acids is 1. The van der Waals surface area contributed by atoms with Crippen LogP contribution in [0.3, 0.4) is 0 Å². The summed E-state index contributed by atoms with van der Waals surface area (Å²) in [4.78, 5) is 39.9. The van der Waals surface area contributed by atoms with E-state index in [-0.39, 0.29) is 11.9 Å². The maximum absolute atomic E-state index is 12.7. The van der Waals surface area contributed by atoms with E-state index in [0.29, 0.717) is 32.6 Å². The third-order valence-corrected chi connectivity index (χ3v) is 5.07. The van der Waals surface area contributed by atoms with Crippen molar-refractivity contribution in [1.82, 2.24) is 20.5 Å². The van der Waals surface area contributed by atoms with Gasteiger partial charge in [0.1, 0.15) is 6.04 Å². The number of piperidine rings is 1. The summed E-state index contributed by atoms with van der Waals surface area (Å²) >= 11 is 0. The monoisotopic (exact) mass is 495 g/mol. The predicted molar refractivity (Wildman–Crippen MR) is 121 cm³/mol. The van der Waals surface area contributed by atoms with E-state index in [0.717, 1.165) is 24.1 Å². The molecule has 0 bridgehead atoms. The normalized spacial score (nSPS) is 15.6. The van der Waals surface area contributed by atoms with Crippen molar-refractivity contribution in [1.29, 1.82) is 0 Å². The van der Waals surface area contributed by atoms with Crippen molar-refractivity contribution in [2.24, 2.45) is 5.73 Å². The van der Waals surface area contributed by atoms with Gasteiger partial charge in [-0.25, -0.2) is 9.59 Å². The minimum Gasteiger partial charge on any atom is -0.475 e. The molecule has 0 aliphatic carbocycles. The second-order valence-corrected chi connectivity index (χ2v) is 7.76. The van der Waals surface area contributed by atoms with E-state index in [4.69, 9.17) is 15.6 Å². The number of benzene rings is 1. The fourth-order valence-corrected chi connectivity index (χ4v) is 3.30. The Kier molecular flexibility index (Phi) is 10.5. The number of nitrogens with zero attached hydrogens (tertiary/aromatic N) is 2. The third-order valence-electron chi connectivity index (χ3n) is 5.07. The van der Waals surface area contributed by atoms with Crippen LogP contribution in [-0.2, 0) is 29.1 Å². The molecule has 1 fully saturated rings. The van der Waals surface area contributed by atoms with Crippen LogP contribution in [0.2, 0.25) is 0 Å². The smallest absolute Gasteiger partial charge is 0.475 e. The summed E-state index contributed by atoms with van der Waals surface area (Å²) in [6, 6.07) is 12.8. The van der Waals surface area contributed by atoms with Crippen molar-refractivity contribution in [2.45, 2.75) is 44.6 Å². The summed E-state index contributed by atoms with van der Waals surface area (Å²) in [6.45, 7) is 2.18. The van der Waals surface area contributed by atoms with Gasteiger partial charge in [0.05, 0.1) is 12.2 Å². The molecular formula is C23H28F3N5O4. The molecule has 3 amide bonds. The number of alkyl halides is 3. The minimum absolute atomic E-state index is 0.0572. The van der Waals surface area contributed by atoms with Gasteiger partial charge in [-0.1, -0.05) is 30.3 Å². The molecule has 12 heteroatoms. The molecule has 1 saturated heterocycles. The fraction of sp³-hybridized carbons (Fsp3) is 0.391. The number of amides is 3. The number of carboxylic acid groups (broad SMARTS) is 1. The van der Waals surface area contributed by atoms with Crippen molar-refractivity contribution in [2.75, 3.05) is 13.1 Å². The van der Waals surface area contributed by atoms with E-state index in [9.17, 15) is 22.8 Å². The van der Waals surface area contributed by atoms with Crippen LogP contribution in [0.5, 0.6) is 0 Å². The standard InChI is InChI=1S/C21H27N5O2.C2HF3O2/c22-11-10-16-6-8-17(9-7-16)14-24-21(28)25-19-5-3-13-26(20(19)27)15-18-4-1-2-12-23-18;3-2(4,5)1(6)7/h1-2,4,6-9,12,19H,3,5,10-11,13-15,22H2,(H2,24,25,28);(H,6,7). The van der Waals surface area contributed by atoms with Crippen LogP contribution in [0.25, 0.3) is 0 Å². The van der Waals surface area contributed by atoms with E-state index in [2.05, 4.69) is 15.6 Å². The van der Waals surface area contributed by atoms with Gasteiger partial charge in [-0.05, 0) is 49.1 Å². The lowest BCUT2D eigenvalue weighted by molar-refractivity contribution is -0.192. The number of likely N-dealkylation sites (tertiary alicyclic amines) is 1. The molecule has 1 aromatic carbocycles. The van der Waals surface area contributed by atoms with Crippen molar-refractivity contribution in [3.8, 4) is 0 Å². The number of aromatic nitrogens is 1. The Morgan fingerprint density at radius 1 is 1.14 bits per heavy atom. The highest BCUT2D eigenvalue weighted by atomic mass is 19.4. The van der Waals surface area contributed by atoms with Gasteiger partial charge in [0.2, 0.25) is 5.91 Å². The molecule has 1 atom stereocenters. The molecule has 190 valence electrons. The zero-order valence-corrected chi connectivity index (χ0v) is 18.9. The molecule has 3 rings (SSSR count). The predicted octanol–water partition coefficient (Wildman–Crippen LogP) is 2.21. The summed E-state index contributed by atoms with van der Waals surface area (Å²) in [5.74, 6) is -2.81. The lowest BCUT2D eigenvalue weighted by atomic mass is 10.0. The van der Waals surface area contributed by atoms with Gasteiger partial charge in [0, 0.05) is 19.3 Å². The first-order valence-electron chi connectivity index (χ1n) is 10.9. The maximum atomic E-state index is 12.7. The van der Waals surface area contributed by atoms with Gasteiger partial charge in [-0.15, -0.1) is 0 Å². The van der Waals surface area contributed by atoms with Crippen molar-refractivity contribution >= 4 is 17.9 Å². The van der Waals surface area contributed by atoms with Gasteiger partial charge >= 0.3 is 18.2 Å². The second kappa shape index (κ2) is 13.3. The Morgan fingerprint density at radius 3 is 2.37 bits per heavy atom. The quantitative estimate of drug-likeness (QED) is 0.465. The van der Waals surface area contributed by atoms with Crippen LogP contribution in [0, 0.1) is 0 Å². The highest BCUT2D eigenvalue weighted by molar-refractivity contribution is 5.87. The molecule has 0 radical (unpaired) electrons. The Labute approximate surface area is 200 Å². The average Bonchev–Trinajstić information content (AvgIpc) is 2.82. The SMILES string of the molecule is NCCc1ccc(CNC(=O)NC2CCCN(Cc3ccccn3)C2=O)cc1.O=C(O)C(F)(F)F. The topological polar surface area (TPSA) is 138 Å². The van der Waals surface area contributed by atoms with Crippen LogP contribution < -0.4 is 16.4 Å². The molecule has 1 aromatic heterocycles. The molecule has 1 unspecified atom stereocenters. The minimum atomic E-state index is -5.08. The van der Waals surface area contributed by atoms with Crippen LogP contribution >= 0.6 is 0 Å². The number of carbonyl (C=O) groups excluding carboxylic acids is 2. The Balaban J connectivity index is 0.000000540. The van der Waals surface area contributed by atoms with Gasteiger partial charge in [0.15, 0.2) is 0 Å². The maximum Gasteiger partial charge on any atom is 0.490 e. The lowest BCUT2D eigenvalue weighted by Gasteiger charge is -2.32. The van der Waals surface area contributed by atoms with E-state index >= 15 is 0 Å². The molecule has 0 saturated carbocycles. The van der Waals surface area contributed by atoms with Crippen LogP contribution in [0.15, 0.2) is 48.7 Å². The van der Waals surface area contributed by atoms with Gasteiger partial charge in [-0.2, -0.15) is 13.2 Å². The van der Waals surface area contributed by atoms with E-state index in [1.54, 1.807) is 11.1 Å². The summed E-state index contributed by atoms with van der Waals surface area (Å²) in [6.07, 6.45) is -1.02. The molecule has 1 aliphatic rings. The average molecular weight is 496 g/mol. The van der Waals surface area contributed by atoms with Crippen LogP contribution in [0.1, 0.15) is 29.7 Å². The number of rotatable bonds is 7. The van der Waals surface area contributed by atoms with E-state index in [1.165, 1.54) is 5.56 Å². The largest absolute Gasteiger partial charge is 0.490 e. The molecule has 2 aromatic rings. The summed E-state index contributed by atoms with van der Waals surface area (Å²) in [5.41, 5.74) is 8.58. The fourth-order valence-electron chi connectivity index (χ4n) is 3.30. The van der Waals surface area contributed by atoms with Crippen molar-refractivity contribution < 1.29 is 32.7 Å². The van der Waals surface area contributed by atoms with E-state index in [1.807, 2.05) is 42.5 Å². The Hall–Kier alpha value is -3.67.